The molecule has 0 amide bonds. The van der Waals surface area contributed by atoms with Crippen molar-refractivity contribution >= 4 is 0 Å². The van der Waals surface area contributed by atoms with Crippen molar-refractivity contribution in [1.82, 2.24) is 4.98 Å². The van der Waals surface area contributed by atoms with Gasteiger partial charge < -0.3 is 10.5 Å². The van der Waals surface area contributed by atoms with Crippen LogP contribution in [0.25, 0.3) is 11.1 Å². The highest BCUT2D eigenvalue weighted by Gasteiger charge is 2.19. The lowest BCUT2D eigenvalue weighted by Gasteiger charge is -2.25. The molecule has 1 aliphatic heterocycles. The maximum absolute atomic E-state index is 5.77. The summed E-state index contributed by atoms with van der Waals surface area (Å²) in [6.45, 7) is 1.30. The van der Waals surface area contributed by atoms with Crippen molar-refractivity contribution in [3.63, 3.8) is 0 Å². The van der Waals surface area contributed by atoms with Gasteiger partial charge in [-0.3, -0.25) is 4.98 Å². The molecule has 1 atom stereocenters. The Bertz CT molecular complexity index is 539. The number of hydrogen-bond donors (Lipinski definition) is 1. The van der Waals surface area contributed by atoms with Crippen LogP contribution in [0.5, 0.6) is 0 Å². The number of pyridine rings is 1. The van der Waals surface area contributed by atoms with E-state index in [9.17, 15) is 0 Å². The predicted octanol–water partition coefficient (Wildman–Crippen LogP) is 2.32. The molecular formula is C15H16N2O. The monoisotopic (exact) mass is 240 g/mol. The zero-order valence-corrected chi connectivity index (χ0v) is 10.2. The third kappa shape index (κ3) is 2.03. The van der Waals surface area contributed by atoms with Crippen LogP contribution < -0.4 is 5.73 Å². The number of ether oxygens (including phenoxy) is 1. The van der Waals surface area contributed by atoms with E-state index in [2.05, 4.69) is 29.2 Å². The van der Waals surface area contributed by atoms with E-state index in [1.807, 2.05) is 12.3 Å². The second-order valence-electron chi connectivity index (χ2n) is 4.50. The Morgan fingerprint density at radius 3 is 3.00 bits per heavy atom. The molecule has 2 aromatic rings. The van der Waals surface area contributed by atoms with Crippen LogP contribution in [0.3, 0.4) is 0 Å². The third-order valence-corrected chi connectivity index (χ3v) is 3.39. The highest BCUT2D eigenvalue weighted by molar-refractivity contribution is 5.64. The summed E-state index contributed by atoms with van der Waals surface area (Å²) >= 11 is 0. The van der Waals surface area contributed by atoms with Gasteiger partial charge >= 0.3 is 0 Å². The lowest BCUT2D eigenvalue weighted by Crippen LogP contribution is -2.23. The second kappa shape index (κ2) is 4.88. The van der Waals surface area contributed by atoms with Gasteiger partial charge in [-0.05, 0) is 40.8 Å². The van der Waals surface area contributed by atoms with Crippen LogP contribution in [0.15, 0.2) is 42.7 Å². The van der Waals surface area contributed by atoms with E-state index in [0.29, 0.717) is 6.54 Å². The molecule has 0 radical (unpaired) electrons. The van der Waals surface area contributed by atoms with E-state index in [-0.39, 0.29) is 6.10 Å². The molecule has 18 heavy (non-hydrogen) atoms. The molecule has 0 bridgehead atoms. The van der Waals surface area contributed by atoms with Crippen LogP contribution >= 0.6 is 0 Å². The van der Waals surface area contributed by atoms with Gasteiger partial charge in [0.2, 0.25) is 0 Å². The zero-order chi connectivity index (χ0) is 12.4. The van der Waals surface area contributed by atoms with Crippen molar-refractivity contribution in [2.75, 3.05) is 13.2 Å². The van der Waals surface area contributed by atoms with Gasteiger partial charge in [-0.15, -0.1) is 0 Å². The summed E-state index contributed by atoms with van der Waals surface area (Å²) in [5.41, 5.74) is 10.6. The lowest BCUT2D eigenvalue weighted by molar-refractivity contribution is 0.0485. The van der Waals surface area contributed by atoms with E-state index in [1.54, 1.807) is 6.20 Å². The first-order chi connectivity index (χ1) is 8.88. The molecule has 1 aromatic carbocycles. The van der Waals surface area contributed by atoms with E-state index < -0.39 is 0 Å². The summed E-state index contributed by atoms with van der Waals surface area (Å²) < 4.78 is 5.70. The molecule has 3 rings (SSSR count). The van der Waals surface area contributed by atoms with Crippen LogP contribution in [0.1, 0.15) is 17.2 Å². The summed E-state index contributed by atoms with van der Waals surface area (Å²) in [5.74, 6) is 0. The highest BCUT2D eigenvalue weighted by Crippen LogP contribution is 2.30. The van der Waals surface area contributed by atoms with Gasteiger partial charge in [0, 0.05) is 18.9 Å². The first kappa shape index (κ1) is 11.4. The topological polar surface area (TPSA) is 48.1 Å². The minimum Gasteiger partial charge on any atom is -0.372 e. The van der Waals surface area contributed by atoms with E-state index >= 15 is 0 Å². The summed E-state index contributed by atoms with van der Waals surface area (Å²) in [4.78, 5) is 4.16. The lowest BCUT2D eigenvalue weighted by atomic mass is 9.93. The molecule has 3 heteroatoms. The largest absolute Gasteiger partial charge is 0.372 e. The number of benzene rings is 1. The SMILES string of the molecule is NC[C@@H]1OCCc2ccc(-c3cccnc3)cc21. The van der Waals surface area contributed by atoms with Gasteiger partial charge in [-0.2, -0.15) is 0 Å². The Morgan fingerprint density at radius 1 is 1.28 bits per heavy atom. The molecule has 0 unspecified atom stereocenters. The van der Waals surface area contributed by atoms with Crippen LogP contribution in [0, 0.1) is 0 Å². The smallest absolute Gasteiger partial charge is 0.0950 e. The Kier molecular flexibility index (Phi) is 3.09. The molecule has 0 saturated carbocycles. The van der Waals surface area contributed by atoms with Crippen LogP contribution in [-0.2, 0) is 11.2 Å². The molecule has 0 saturated heterocycles. The van der Waals surface area contributed by atoms with Gasteiger partial charge in [0.15, 0.2) is 0 Å². The molecule has 2 heterocycles. The molecular weight excluding hydrogens is 224 g/mol. The Hall–Kier alpha value is -1.71. The molecule has 3 nitrogen and oxygen atoms in total. The van der Waals surface area contributed by atoms with Crippen molar-refractivity contribution < 1.29 is 4.74 Å². The van der Waals surface area contributed by atoms with Crippen LogP contribution in [0.4, 0.5) is 0 Å². The van der Waals surface area contributed by atoms with E-state index in [4.69, 9.17) is 10.5 Å². The number of nitrogens with two attached hydrogens (primary N) is 1. The average molecular weight is 240 g/mol. The highest BCUT2D eigenvalue weighted by atomic mass is 16.5. The van der Waals surface area contributed by atoms with Crippen LogP contribution in [-0.4, -0.2) is 18.1 Å². The number of aromatic nitrogens is 1. The molecule has 92 valence electrons. The Balaban J connectivity index is 2.04. The summed E-state index contributed by atoms with van der Waals surface area (Å²) in [6, 6.07) is 10.5. The third-order valence-electron chi connectivity index (χ3n) is 3.39. The number of fused-ring (bicyclic) bond motifs is 1. The van der Waals surface area contributed by atoms with Gasteiger partial charge in [-0.1, -0.05) is 18.2 Å². The van der Waals surface area contributed by atoms with E-state index in [0.717, 1.165) is 18.6 Å². The molecule has 1 aromatic heterocycles. The minimum absolute atomic E-state index is 0.0328. The fraction of sp³-hybridized carbons (Fsp3) is 0.267. The Morgan fingerprint density at radius 2 is 2.22 bits per heavy atom. The van der Waals surface area contributed by atoms with Crippen molar-refractivity contribution in [3.8, 4) is 11.1 Å². The van der Waals surface area contributed by atoms with Gasteiger partial charge in [0.05, 0.1) is 12.7 Å². The first-order valence-electron chi connectivity index (χ1n) is 6.23. The quantitative estimate of drug-likeness (QED) is 0.876. The minimum atomic E-state index is 0.0328. The van der Waals surface area contributed by atoms with Crippen LogP contribution in [0.2, 0.25) is 0 Å². The number of rotatable bonds is 2. The Labute approximate surface area is 107 Å². The summed E-state index contributed by atoms with van der Waals surface area (Å²) in [7, 11) is 0. The summed E-state index contributed by atoms with van der Waals surface area (Å²) in [6.07, 6.45) is 4.67. The standard InChI is InChI=1S/C15H16N2O/c16-9-15-14-8-12(13-2-1-6-17-10-13)4-3-11(14)5-7-18-15/h1-4,6,8,10,15H,5,7,9,16H2/t15-/m0/s1. The molecule has 0 aliphatic carbocycles. The first-order valence-corrected chi connectivity index (χ1v) is 6.23. The maximum Gasteiger partial charge on any atom is 0.0950 e. The van der Waals surface area contributed by atoms with Gasteiger partial charge in [0.25, 0.3) is 0 Å². The molecule has 0 fully saturated rings. The van der Waals surface area contributed by atoms with Crippen molar-refractivity contribution in [3.05, 3.63) is 53.9 Å². The van der Waals surface area contributed by atoms with Crippen molar-refractivity contribution in [2.24, 2.45) is 5.73 Å². The number of nitrogens with zero attached hydrogens (tertiary/aromatic N) is 1. The van der Waals surface area contributed by atoms with Gasteiger partial charge in [0.1, 0.15) is 0 Å². The predicted molar refractivity (Wildman–Crippen MR) is 71.1 cm³/mol. The zero-order valence-electron chi connectivity index (χ0n) is 10.2. The second-order valence-corrected chi connectivity index (χ2v) is 4.50. The number of hydrogen-bond acceptors (Lipinski definition) is 3. The average Bonchev–Trinajstić information content (AvgIpc) is 2.47. The van der Waals surface area contributed by atoms with Gasteiger partial charge in [-0.25, -0.2) is 0 Å². The van der Waals surface area contributed by atoms with E-state index in [1.165, 1.54) is 16.7 Å². The van der Waals surface area contributed by atoms with Crippen molar-refractivity contribution in [1.29, 1.82) is 0 Å². The molecule has 1 aliphatic rings. The molecule has 0 spiro atoms. The summed E-state index contributed by atoms with van der Waals surface area (Å²) in [5, 5.41) is 0. The fourth-order valence-electron chi connectivity index (χ4n) is 2.43. The normalized spacial score (nSPS) is 18.4. The molecule has 2 N–H and O–H groups in total. The fourth-order valence-corrected chi connectivity index (χ4v) is 2.43. The maximum atomic E-state index is 5.77. The van der Waals surface area contributed by atoms with Crippen molar-refractivity contribution in [2.45, 2.75) is 12.5 Å².